The minimum Gasteiger partial charge on any atom is -0.369 e. The van der Waals surface area contributed by atoms with Gasteiger partial charge in [-0.2, -0.15) is 0 Å². The maximum Gasteiger partial charge on any atom is 0.0416 e. The van der Waals surface area contributed by atoms with Gasteiger partial charge in [-0.05, 0) is 38.3 Å². The molecule has 1 saturated heterocycles. The lowest BCUT2D eigenvalue weighted by molar-refractivity contribution is 0.723. The number of hydrogen-bond acceptors (Lipinski definition) is 2. The average Bonchev–Trinajstić information content (AvgIpc) is 2.64. The van der Waals surface area contributed by atoms with Crippen molar-refractivity contribution in [2.45, 2.75) is 38.8 Å². The van der Waals surface area contributed by atoms with Crippen LogP contribution >= 0.6 is 0 Å². The lowest BCUT2D eigenvalue weighted by atomic mass is 10.1. The minimum atomic E-state index is 0.119. The maximum atomic E-state index is 6.00. The second kappa shape index (κ2) is 4.23. The van der Waals surface area contributed by atoms with E-state index in [1.807, 2.05) is 0 Å². The zero-order valence-corrected chi connectivity index (χ0v) is 9.61. The molecule has 0 radical (unpaired) electrons. The molecule has 0 bridgehead atoms. The molecule has 15 heavy (non-hydrogen) atoms. The Morgan fingerprint density at radius 2 is 2.13 bits per heavy atom. The molecule has 1 aliphatic rings. The lowest BCUT2D eigenvalue weighted by Gasteiger charge is -2.27. The van der Waals surface area contributed by atoms with Crippen molar-refractivity contribution in [3.05, 3.63) is 29.8 Å². The van der Waals surface area contributed by atoms with E-state index in [2.05, 4.69) is 43.0 Å². The molecule has 0 spiro atoms. The van der Waals surface area contributed by atoms with Crippen LogP contribution < -0.4 is 10.6 Å². The summed E-state index contributed by atoms with van der Waals surface area (Å²) in [6.07, 6.45) is 2.60. The smallest absolute Gasteiger partial charge is 0.0416 e. The van der Waals surface area contributed by atoms with Gasteiger partial charge in [0.2, 0.25) is 0 Å². The van der Waals surface area contributed by atoms with Crippen LogP contribution in [0.25, 0.3) is 0 Å². The van der Waals surface area contributed by atoms with Gasteiger partial charge in [0, 0.05) is 24.3 Å². The molecular formula is C13H20N2. The molecule has 0 aromatic heterocycles. The van der Waals surface area contributed by atoms with E-state index in [0.717, 1.165) is 0 Å². The first-order chi connectivity index (χ1) is 7.20. The Labute approximate surface area is 92.1 Å². The molecule has 0 amide bonds. The van der Waals surface area contributed by atoms with Crippen LogP contribution in [-0.4, -0.2) is 12.6 Å². The fraction of sp³-hybridized carbons (Fsp3) is 0.538. The molecule has 2 atom stereocenters. The highest BCUT2D eigenvalue weighted by Gasteiger charge is 2.22. The lowest BCUT2D eigenvalue weighted by Crippen LogP contribution is -2.28. The van der Waals surface area contributed by atoms with E-state index in [-0.39, 0.29) is 6.04 Å². The summed E-state index contributed by atoms with van der Waals surface area (Å²) in [5.41, 5.74) is 8.60. The predicted octanol–water partition coefficient (Wildman–Crippen LogP) is 2.70. The fourth-order valence-corrected chi connectivity index (χ4v) is 2.43. The van der Waals surface area contributed by atoms with Crippen LogP contribution in [0.5, 0.6) is 0 Å². The number of anilines is 1. The highest BCUT2D eigenvalue weighted by molar-refractivity contribution is 5.56. The van der Waals surface area contributed by atoms with Gasteiger partial charge in [0.15, 0.2) is 0 Å². The van der Waals surface area contributed by atoms with Crippen molar-refractivity contribution in [1.82, 2.24) is 0 Å². The monoisotopic (exact) mass is 204 g/mol. The van der Waals surface area contributed by atoms with Crippen LogP contribution in [0.4, 0.5) is 5.69 Å². The van der Waals surface area contributed by atoms with E-state index in [1.165, 1.54) is 30.6 Å². The number of nitrogens with zero attached hydrogens (tertiary/aromatic N) is 1. The van der Waals surface area contributed by atoms with Crippen molar-refractivity contribution in [2.24, 2.45) is 5.73 Å². The molecule has 1 unspecified atom stereocenters. The van der Waals surface area contributed by atoms with Gasteiger partial charge in [-0.25, -0.2) is 0 Å². The molecule has 0 aliphatic carbocycles. The van der Waals surface area contributed by atoms with Gasteiger partial charge in [-0.3, -0.25) is 0 Å². The highest BCUT2D eigenvalue weighted by atomic mass is 15.2. The van der Waals surface area contributed by atoms with Gasteiger partial charge in [-0.15, -0.1) is 0 Å². The molecule has 1 aliphatic heterocycles. The van der Waals surface area contributed by atoms with Crippen LogP contribution in [-0.2, 0) is 0 Å². The molecule has 1 fully saturated rings. The van der Waals surface area contributed by atoms with Gasteiger partial charge < -0.3 is 10.6 Å². The summed E-state index contributed by atoms with van der Waals surface area (Å²) in [7, 11) is 0. The first kappa shape index (κ1) is 10.5. The molecule has 2 rings (SSSR count). The predicted molar refractivity (Wildman–Crippen MR) is 65.1 cm³/mol. The number of benzene rings is 1. The maximum absolute atomic E-state index is 6.00. The van der Waals surface area contributed by atoms with Gasteiger partial charge in [0.05, 0.1) is 0 Å². The average molecular weight is 204 g/mol. The topological polar surface area (TPSA) is 29.3 Å². The third-order valence-corrected chi connectivity index (χ3v) is 3.29. The van der Waals surface area contributed by atoms with Gasteiger partial charge in [0.1, 0.15) is 0 Å². The van der Waals surface area contributed by atoms with Crippen LogP contribution in [0.15, 0.2) is 24.3 Å². The Morgan fingerprint density at radius 1 is 1.40 bits per heavy atom. The zero-order valence-electron chi connectivity index (χ0n) is 9.61. The van der Waals surface area contributed by atoms with Crippen molar-refractivity contribution in [1.29, 1.82) is 0 Å². The first-order valence-electron chi connectivity index (χ1n) is 5.81. The summed E-state index contributed by atoms with van der Waals surface area (Å²) in [4.78, 5) is 2.48. The summed E-state index contributed by atoms with van der Waals surface area (Å²) >= 11 is 0. The Hall–Kier alpha value is -1.02. The Kier molecular flexibility index (Phi) is 2.96. The number of nitrogens with two attached hydrogens (primary N) is 1. The molecule has 0 saturated carbocycles. The largest absolute Gasteiger partial charge is 0.369 e. The molecule has 2 nitrogen and oxygen atoms in total. The van der Waals surface area contributed by atoms with Crippen molar-refractivity contribution < 1.29 is 0 Å². The molecule has 2 heteroatoms. The number of rotatable bonds is 2. The van der Waals surface area contributed by atoms with E-state index in [9.17, 15) is 0 Å². The summed E-state index contributed by atoms with van der Waals surface area (Å²) < 4.78 is 0. The van der Waals surface area contributed by atoms with Crippen molar-refractivity contribution in [3.8, 4) is 0 Å². The van der Waals surface area contributed by atoms with Gasteiger partial charge in [0.25, 0.3) is 0 Å². The summed E-state index contributed by atoms with van der Waals surface area (Å²) in [5.74, 6) is 0. The third kappa shape index (κ3) is 2.00. The Balaban J connectivity index is 2.34. The molecule has 1 heterocycles. The molecule has 2 N–H and O–H groups in total. The van der Waals surface area contributed by atoms with Crippen LogP contribution in [0.2, 0.25) is 0 Å². The molecular weight excluding hydrogens is 184 g/mol. The second-order valence-corrected chi connectivity index (χ2v) is 4.53. The zero-order chi connectivity index (χ0) is 10.8. The minimum absolute atomic E-state index is 0.119. The van der Waals surface area contributed by atoms with E-state index >= 15 is 0 Å². The van der Waals surface area contributed by atoms with Crippen molar-refractivity contribution >= 4 is 5.69 Å². The van der Waals surface area contributed by atoms with Crippen LogP contribution in [0, 0.1) is 0 Å². The summed E-state index contributed by atoms with van der Waals surface area (Å²) in [6.45, 7) is 5.52. The standard InChI is InChI=1S/C13H20N2/c1-10-6-5-9-15(10)13-8-4-3-7-12(13)11(2)14/h3-4,7-8,10-11H,5-6,9,14H2,1-2H3/t10?,11-/m1/s1. The van der Waals surface area contributed by atoms with E-state index in [0.29, 0.717) is 6.04 Å². The Bertz CT molecular complexity index is 333. The Morgan fingerprint density at radius 3 is 2.73 bits per heavy atom. The van der Waals surface area contributed by atoms with E-state index < -0.39 is 0 Å². The van der Waals surface area contributed by atoms with E-state index in [4.69, 9.17) is 5.73 Å². The summed E-state index contributed by atoms with van der Waals surface area (Å²) in [6, 6.07) is 9.29. The molecule has 1 aromatic carbocycles. The SMILES string of the molecule is CC1CCCN1c1ccccc1[C@@H](C)N. The second-order valence-electron chi connectivity index (χ2n) is 4.53. The van der Waals surface area contributed by atoms with Crippen LogP contribution in [0.1, 0.15) is 38.3 Å². The number of para-hydroxylation sites is 1. The van der Waals surface area contributed by atoms with Crippen molar-refractivity contribution in [2.75, 3.05) is 11.4 Å². The van der Waals surface area contributed by atoms with Crippen LogP contribution in [0.3, 0.4) is 0 Å². The third-order valence-electron chi connectivity index (χ3n) is 3.29. The summed E-state index contributed by atoms with van der Waals surface area (Å²) in [5, 5.41) is 0. The van der Waals surface area contributed by atoms with Gasteiger partial charge in [-0.1, -0.05) is 18.2 Å². The molecule has 1 aromatic rings. The van der Waals surface area contributed by atoms with E-state index in [1.54, 1.807) is 0 Å². The quantitative estimate of drug-likeness (QED) is 0.802. The fourth-order valence-electron chi connectivity index (χ4n) is 2.43. The highest BCUT2D eigenvalue weighted by Crippen LogP contribution is 2.30. The number of hydrogen-bond donors (Lipinski definition) is 1. The first-order valence-corrected chi connectivity index (χ1v) is 5.81. The van der Waals surface area contributed by atoms with Crippen molar-refractivity contribution in [3.63, 3.8) is 0 Å². The molecule has 82 valence electrons. The normalized spacial score (nSPS) is 23.1. The van der Waals surface area contributed by atoms with Gasteiger partial charge >= 0.3 is 0 Å².